The van der Waals surface area contributed by atoms with Crippen molar-refractivity contribution in [1.29, 1.82) is 0 Å². The number of aliphatic carboxylic acids is 1. The SMILES string of the molecule is CCc1ccc(NC(=O)Cn2cccc2/C=C/C(=O)O)cc1. The molecule has 5 nitrogen and oxygen atoms in total. The quantitative estimate of drug-likeness (QED) is 0.806. The summed E-state index contributed by atoms with van der Waals surface area (Å²) in [6.07, 6.45) is 5.21. The number of hydrogen-bond acceptors (Lipinski definition) is 2. The molecule has 0 aliphatic heterocycles. The lowest BCUT2D eigenvalue weighted by atomic mass is 10.1. The molecule has 1 amide bonds. The van der Waals surface area contributed by atoms with Crippen molar-refractivity contribution >= 4 is 23.6 Å². The van der Waals surface area contributed by atoms with Gasteiger partial charge in [-0.3, -0.25) is 4.79 Å². The number of aromatic nitrogens is 1. The van der Waals surface area contributed by atoms with Crippen LogP contribution >= 0.6 is 0 Å². The highest BCUT2D eigenvalue weighted by atomic mass is 16.4. The molecule has 0 aliphatic rings. The van der Waals surface area contributed by atoms with E-state index in [1.54, 1.807) is 22.9 Å². The number of hydrogen-bond donors (Lipinski definition) is 2. The van der Waals surface area contributed by atoms with Gasteiger partial charge in [-0.1, -0.05) is 19.1 Å². The molecule has 22 heavy (non-hydrogen) atoms. The first-order valence-corrected chi connectivity index (χ1v) is 7.03. The van der Waals surface area contributed by atoms with Gasteiger partial charge >= 0.3 is 5.97 Å². The second-order valence-corrected chi connectivity index (χ2v) is 4.83. The van der Waals surface area contributed by atoms with Crippen LogP contribution in [0.1, 0.15) is 18.2 Å². The minimum absolute atomic E-state index is 0.127. The predicted molar refractivity (Wildman–Crippen MR) is 85.6 cm³/mol. The summed E-state index contributed by atoms with van der Waals surface area (Å²) in [5, 5.41) is 11.5. The van der Waals surface area contributed by atoms with Gasteiger partial charge in [-0.2, -0.15) is 0 Å². The molecule has 0 saturated carbocycles. The summed E-state index contributed by atoms with van der Waals surface area (Å²) >= 11 is 0. The lowest BCUT2D eigenvalue weighted by Crippen LogP contribution is -2.18. The Morgan fingerprint density at radius 3 is 2.59 bits per heavy atom. The first-order valence-electron chi connectivity index (χ1n) is 7.03. The monoisotopic (exact) mass is 298 g/mol. The van der Waals surface area contributed by atoms with Crippen LogP contribution in [-0.2, 0) is 22.6 Å². The van der Waals surface area contributed by atoms with Crippen LogP contribution in [0.3, 0.4) is 0 Å². The van der Waals surface area contributed by atoms with E-state index in [4.69, 9.17) is 5.11 Å². The number of carboxylic acid groups (broad SMARTS) is 1. The zero-order valence-electron chi connectivity index (χ0n) is 12.3. The van der Waals surface area contributed by atoms with Crippen LogP contribution in [0, 0.1) is 0 Å². The molecule has 5 heteroatoms. The third-order valence-electron chi connectivity index (χ3n) is 3.22. The van der Waals surface area contributed by atoms with Gasteiger partial charge in [-0.15, -0.1) is 0 Å². The van der Waals surface area contributed by atoms with Gasteiger partial charge in [-0.05, 0) is 42.3 Å². The molecule has 0 radical (unpaired) electrons. The van der Waals surface area contributed by atoms with Crippen molar-refractivity contribution in [3.05, 3.63) is 59.9 Å². The fourth-order valence-electron chi connectivity index (χ4n) is 2.06. The third-order valence-corrected chi connectivity index (χ3v) is 3.22. The van der Waals surface area contributed by atoms with Crippen molar-refractivity contribution in [2.75, 3.05) is 5.32 Å². The van der Waals surface area contributed by atoms with E-state index < -0.39 is 5.97 Å². The van der Waals surface area contributed by atoms with E-state index >= 15 is 0 Å². The highest BCUT2D eigenvalue weighted by molar-refractivity contribution is 5.91. The summed E-state index contributed by atoms with van der Waals surface area (Å²) < 4.78 is 1.69. The van der Waals surface area contributed by atoms with Crippen LogP contribution in [0.15, 0.2) is 48.7 Å². The topological polar surface area (TPSA) is 71.3 Å². The van der Waals surface area contributed by atoms with Crippen LogP contribution in [-0.4, -0.2) is 21.6 Å². The number of carbonyl (C=O) groups excluding carboxylic acids is 1. The summed E-state index contributed by atoms with van der Waals surface area (Å²) in [6, 6.07) is 11.2. The van der Waals surface area contributed by atoms with Gasteiger partial charge < -0.3 is 15.0 Å². The molecular formula is C17H18N2O3. The number of amides is 1. The van der Waals surface area contributed by atoms with E-state index in [9.17, 15) is 9.59 Å². The maximum atomic E-state index is 12.1. The molecular weight excluding hydrogens is 280 g/mol. The number of carboxylic acids is 1. The number of aryl methyl sites for hydroxylation is 1. The van der Waals surface area contributed by atoms with E-state index in [-0.39, 0.29) is 12.5 Å². The minimum atomic E-state index is -1.02. The second-order valence-electron chi connectivity index (χ2n) is 4.83. The Morgan fingerprint density at radius 1 is 1.23 bits per heavy atom. The Balaban J connectivity index is 2.00. The molecule has 2 rings (SSSR count). The summed E-state index contributed by atoms with van der Waals surface area (Å²) in [7, 11) is 0. The van der Waals surface area contributed by atoms with E-state index in [2.05, 4.69) is 12.2 Å². The Labute approximate surface area is 128 Å². The Bertz CT molecular complexity index is 684. The highest BCUT2D eigenvalue weighted by Crippen LogP contribution is 2.11. The van der Waals surface area contributed by atoms with E-state index in [0.717, 1.165) is 18.2 Å². The van der Waals surface area contributed by atoms with Gasteiger partial charge in [0.1, 0.15) is 6.54 Å². The number of nitrogens with one attached hydrogen (secondary N) is 1. The van der Waals surface area contributed by atoms with Crippen LogP contribution < -0.4 is 5.32 Å². The molecule has 0 atom stereocenters. The number of nitrogens with zero attached hydrogens (tertiary/aromatic N) is 1. The first kappa shape index (κ1) is 15.6. The van der Waals surface area contributed by atoms with Crippen molar-refractivity contribution in [1.82, 2.24) is 4.57 Å². The molecule has 114 valence electrons. The van der Waals surface area contributed by atoms with Crippen LogP contribution in [0.2, 0.25) is 0 Å². The normalized spacial score (nSPS) is 10.8. The average molecular weight is 298 g/mol. The van der Waals surface area contributed by atoms with Gasteiger partial charge in [-0.25, -0.2) is 4.79 Å². The molecule has 0 fully saturated rings. The van der Waals surface area contributed by atoms with Crippen LogP contribution in [0.25, 0.3) is 6.08 Å². The third kappa shape index (κ3) is 4.34. The standard InChI is InChI=1S/C17H18N2O3/c1-2-13-5-7-14(8-6-13)18-16(20)12-19-11-3-4-15(19)9-10-17(21)22/h3-11H,2,12H2,1H3,(H,18,20)(H,21,22)/b10-9+. The maximum Gasteiger partial charge on any atom is 0.328 e. The number of benzene rings is 1. The molecule has 0 aliphatic carbocycles. The summed E-state index contributed by atoms with van der Waals surface area (Å²) in [5.41, 5.74) is 2.63. The summed E-state index contributed by atoms with van der Waals surface area (Å²) in [4.78, 5) is 22.6. The van der Waals surface area contributed by atoms with E-state index in [1.807, 2.05) is 24.3 Å². The van der Waals surface area contributed by atoms with Gasteiger partial charge in [0.05, 0.1) is 0 Å². The molecule has 0 unspecified atom stereocenters. The molecule has 1 heterocycles. The van der Waals surface area contributed by atoms with Crippen molar-refractivity contribution in [3.8, 4) is 0 Å². The van der Waals surface area contributed by atoms with Crippen molar-refractivity contribution in [2.24, 2.45) is 0 Å². The number of carbonyl (C=O) groups is 2. The zero-order chi connectivity index (χ0) is 15.9. The van der Waals surface area contributed by atoms with Gasteiger partial charge in [0.2, 0.25) is 5.91 Å². The molecule has 0 bridgehead atoms. The number of anilines is 1. The minimum Gasteiger partial charge on any atom is -0.478 e. The Hall–Kier alpha value is -2.82. The van der Waals surface area contributed by atoms with Gasteiger partial charge in [0.15, 0.2) is 0 Å². The lowest BCUT2D eigenvalue weighted by Gasteiger charge is -2.08. The molecule has 1 aromatic heterocycles. The first-order chi connectivity index (χ1) is 10.6. The molecule has 0 spiro atoms. The van der Waals surface area contributed by atoms with Crippen molar-refractivity contribution < 1.29 is 14.7 Å². The van der Waals surface area contributed by atoms with Crippen molar-refractivity contribution in [3.63, 3.8) is 0 Å². The van der Waals surface area contributed by atoms with Gasteiger partial charge in [0, 0.05) is 23.7 Å². The van der Waals surface area contributed by atoms with Gasteiger partial charge in [0.25, 0.3) is 0 Å². The zero-order valence-corrected chi connectivity index (χ0v) is 12.3. The molecule has 2 aromatic rings. The van der Waals surface area contributed by atoms with Crippen LogP contribution in [0.5, 0.6) is 0 Å². The van der Waals surface area contributed by atoms with E-state index in [0.29, 0.717) is 5.69 Å². The fourth-order valence-corrected chi connectivity index (χ4v) is 2.06. The van der Waals surface area contributed by atoms with Crippen molar-refractivity contribution in [2.45, 2.75) is 19.9 Å². The summed E-state index contributed by atoms with van der Waals surface area (Å²) in [5.74, 6) is -1.18. The predicted octanol–water partition coefficient (Wildman–Crippen LogP) is 2.79. The molecule has 1 aromatic carbocycles. The highest BCUT2D eigenvalue weighted by Gasteiger charge is 2.06. The average Bonchev–Trinajstić information content (AvgIpc) is 2.93. The smallest absolute Gasteiger partial charge is 0.328 e. The second kappa shape index (κ2) is 7.26. The summed E-state index contributed by atoms with van der Waals surface area (Å²) in [6.45, 7) is 2.20. The molecule has 0 saturated heterocycles. The Kier molecular flexibility index (Phi) is 5.14. The molecule has 2 N–H and O–H groups in total. The maximum absolute atomic E-state index is 12.1. The number of rotatable bonds is 6. The lowest BCUT2D eigenvalue weighted by molar-refractivity contribution is -0.131. The fraction of sp³-hybridized carbons (Fsp3) is 0.176. The van der Waals surface area contributed by atoms with E-state index in [1.165, 1.54) is 11.6 Å². The van der Waals surface area contributed by atoms with Crippen LogP contribution in [0.4, 0.5) is 5.69 Å². The Morgan fingerprint density at radius 2 is 1.95 bits per heavy atom. The largest absolute Gasteiger partial charge is 0.478 e.